The number of hydrogen-bond donors (Lipinski definition) is 2. The van der Waals surface area contributed by atoms with Gasteiger partial charge >= 0.3 is 0 Å². The third-order valence-electron chi connectivity index (χ3n) is 3.19. The van der Waals surface area contributed by atoms with Gasteiger partial charge in [-0.2, -0.15) is 0 Å². The first-order chi connectivity index (χ1) is 10.9. The van der Waals surface area contributed by atoms with Gasteiger partial charge in [0.2, 0.25) is 0 Å². The Morgan fingerprint density at radius 3 is 2.35 bits per heavy atom. The molecule has 3 atom stereocenters. The van der Waals surface area contributed by atoms with Crippen molar-refractivity contribution < 1.29 is 24.6 Å². The highest BCUT2D eigenvalue weighted by molar-refractivity contribution is 5.80. The number of hydroxylamine groups is 2. The summed E-state index contributed by atoms with van der Waals surface area (Å²) in [5.74, 6) is -0.569. The van der Waals surface area contributed by atoms with E-state index in [0.29, 0.717) is 0 Å². The summed E-state index contributed by atoms with van der Waals surface area (Å²) >= 11 is 0. The van der Waals surface area contributed by atoms with E-state index < -0.39 is 24.2 Å². The van der Waals surface area contributed by atoms with Gasteiger partial charge in [-0.1, -0.05) is 42.5 Å². The van der Waals surface area contributed by atoms with Crippen LogP contribution in [0.15, 0.2) is 36.4 Å². The molecule has 0 heterocycles. The summed E-state index contributed by atoms with van der Waals surface area (Å²) in [4.78, 5) is 17.0. The molecule has 0 aromatic heterocycles. The molecule has 0 fully saturated rings. The SMILES string of the molecule is CON(C)C(=O)[C@H](OC(C)C)[C@@H](O)[C@@H](O)/C=C/c1ccccc1. The van der Waals surface area contributed by atoms with Crippen molar-refractivity contribution in [2.24, 2.45) is 0 Å². The Morgan fingerprint density at radius 1 is 1.22 bits per heavy atom. The van der Waals surface area contributed by atoms with Gasteiger partial charge in [0.1, 0.15) is 12.2 Å². The van der Waals surface area contributed by atoms with Gasteiger partial charge in [-0.15, -0.1) is 0 Å². The molecule has 1 amide bonds. The maximum Gasteiger partial charge on any atom is 0.277 e. The largest absolute Gasteiger partial charge is 0.387 e. The lowest BCUT2D eigenvalue weighted by molar-refractivity contribution is -0.194. The van der Waals surface area contributed by atoms with Crippen molar-refractivity contribution in [1.82, 2.24) is 5.06 Å². The molecule has 6 nitrogen and oxygen atoms in total. The van der Waals surface area contributed by atoms with E-state index in [2.05, 4.69) is 0 Å². The van der Waals surface area contributed by atoms with Crippen molar-refractivity contribution in [3.63, 3.8) is 0 Å². The summed E-state index contributed by atoms with van der Waals surface area (Å²) in [5.41, 5.74) is 0.875. The number of carbonyl (C=O) groups excluding carboxylic acids is 1. The molecule has 0 spiro atoms. The van der Waals surface area contributed by atoms with E-state index in [1.807, 2.05) is 30.3 Å². The van der Waals surface area contributed by atoms with E-state index in [-0.39, 0.29) is 6.10 Å². The van der Waals surface area contributed by atoms with Crippen molar-refractivity contribution in [2.75, 3.05) is 14.2 Å². The average molecular weight is 323 g/mol. The van der Waals surface area contributed by atoms with E-state index in [0.717, 1.165) is 10.6 Å². The number of rotatable bonds is 8. The molecule has 1 aromatic rings. The average Bonchev–Trinajstić information content (AvgIpc) is 2.56. The predicted octanol–water partition coefficient (Wildman–Crippen LogP) is 1.23. The van der Waals surface area contributed by atoms with Gasteiger partial charge in [0.05, 0.1) is 13.2 Å². The number of carbonyl (C=O) groups is 1. The van der Waals surface area contributed by atoms with Crippen molar-refractivity contribution in [2.45, 2.75) is 38.3 Å². The number of aliphatic hydroxyl groups excluding tert-OH is 2. The highest BCUT2D eigenvalue weighted by atomic mass is 16.7. The van der Waals surface area contributed by atoms with Gasteiger partial charge in [0, 0.05) is 7.05 Å². The molecule has 0 aliphatic carbocycles. The first kappa shape index (κ1) is 19.3. The van der Waals surface area contributed by atoms with E-state index in [9.17, 15) is 15.0 Å². The van der Waals surface area contributed by atoms with E-state index in [1.165, 1.54) is 20.2 Å². The zero-order valence-corrected chi connectivity index (χ0v) is 13.9. The van der Waals surface area contributed by atoms with Crippen molar-refractivity contribution >= 4 is 12.0 Å². The van der Waals surface area contributed by atoms with Gasteiger partial charge in [-0.05, 0) is 19.4 Å². The Labute approximate surface area is 136 Å². The minimum absolute atomic E-state index is 0.297. The van der Waals surface area contributed by atoms with Gasteiger partial charge in [-0.3, -0.25) is 9.63 Å². The second kappa shape index (κ2) is 9.42. The van der Waals surface area contributed by atoms with Crippen molar-refractivity contribution in [1.29, 1.82) is 0 Å². The molecule has 0 unspecified atom stereocenters. The van der Waals surface area contributed by atoms with Crippen molar-refractivity contribution in [3.8, 4) is 0 Å². The normalized spacial score (nSPS) is 15.6. The fourth-order valence-corrected chi connectivity index (χ4v) is 1.91. The van der Waals surface area contributed by atoms with Crippen LogP contribution in [0.2, 0.25) is 0 Å². The van der Waals surface area contributed by atoms with Crippen LogP contribution in [0.25, 0.3) is 6.08 Å². The zero-order chi connectivity index (χ0) is 17.4. The third-order valence-corrected chi connectivity index (χ3v) is 3.19. The number of aliphatic hydroxyl groups is 2. The fourth-order valence-electron chi connectivity index (χ4n) is 1.91. The number of hydrogen-bond acceptors (Lipinski definition) is 5. The lowest BCUT2D eigenvalue weighted by Crippen LogP contribution is -2.49. The van der Waals surface area contributed by atoms with Crippen molar-refractivity contribution in [3.05, 3.63) is 42.0 Å². The van der Waals surface area contributed by atoms with Gasteiger partial charge < -0.3 is 14.9 Å². The van der Waals surface area contributed by atoms with Gasteiger partial charge in [-0.25, -0.2) is 5.06 Å². The lowest BCUT2D eigenvalue weighted by atomic mass is 10.1. The maximum absolute atomic E-state index is 12.2. The summed E-state index contributed by atoms with van der Waals surface area (Å²) in [6.07, 6.45) is -1.10. The van der Waals surface area contributed by atoms with Crippen LogP contribution in [-0.2, 0) is 14.4 Å². The van der Waals surface area contributed by atoms with Crippen LogP contribution >= 0.6 is 0 Å². The smallest absolute Gasteiger partial charge is 0.277 e. The number of amides is 1. The Hall–Kier alpha value is -1.73. The topological polar surface area (TPSA) is 79.2 Å². The highest BCUT2D eigenvalue weighted by Gasteiger charge is 2.35. The summed E-state index contributed by atoms with van der Waals surface area (Å²) in [5, 5.41) is 21.4. The van der Waals surface area contributed by atoms with E-state index in [1.54, 1.807) is 19.9 Å². The molecular weight excluding hydrogens is 298 g/mol. The Kier molecular flexibility index (Phi) is 7.91. The van der Waals surface area contributed by atoms with E-state index >= 15 is 0 Å². The third kappa shape index (κ3) is 6.11. The Balaban J connectivity index is 2.84. The number of likely N-dealkylation sites (N-methyl/N-ethyl adjacent to an activating group) is 1. The first-order valence-corrected chi connectivity index (χ1v) is 7.43. The number of nitrogens with zero attached hydrogens (tertiary/aromatic N) is 1. The molecule has 1 aromatic carbocycles. The molecule has 6 heteroatoms. The second-order valence-electron chi connectivity index (χ2n) is 5.37. The molecule has 0 saturated carbocycles. The molecule has 0 bridgehead atoms. The summed E-state index contributed by atoms with van der Waals surface area (Å²) in [6, 6.07) is 9.34. The zero-order valence-electron chi connectivity index (χ0n) is 13.9. The molecular formula is C17H25NO5. The second-order valence-corrected chi connectivity index (χ2v) is 5.37. The molecule has 0 aliphatic rings. The molecule has 128 valence electrons. The minimum atomic E-state index is -1.41. The number of benzene rings is 1. The summed E-state index contributed by atoms with van der Waals surface area (Å²) in [6.45, 7) is 3.48. The molecule has 0 aliphatic heterocycles. The first-order valence-electron chi connectivity index (χ1n) is 7.43. The summed E-state index contributed by atoms with van der Waals surface area (Å²) < 4.78 is 5.45. The molecule has 23 heavy (non-hydrogen) atoms. The predicted molar refractivity (Wildman–Crippen MR) is 87.3 cm³/mol. The minimum Gasteiger partial charge on any atom is -0.387 e. The van der Waals surface area contributed by atoms with Crippen LogP contribution in [0.3, 0.4) is 0 Å². The monoisotopic (exact) mass is 323 g/mol. The van der Waals surface area contributed by atoms with Gasteiger partial charge in [0.25, 0.3) is 5.91 Å². The lowest BCUT2D eigenvalue weighted by Gasteiger charge is -2.28. The van der Waals surface area contributed by atoms with Crippen LogP contribution in [0, 0.1) is 0 Å². The molecule has 2 N–H and O–H groups in total. The van der Waals surface area contributed by atoms with Crippen LogP contribution < -0.4 is 0 Å². The Bertz CT molecular complexity index is 503. The molecule has 0 saturated heterocycles. The van der Waals surface area contributed by atoms with Crippen LogP contribution in [0.1, 0.15) is 19.4 Å². The van der Waals surface area contributed by atoms with Crippen LogP contribution in [0.5, 0.6) is 0 Å². The molecule has 1 rings (SSSR count). The molecule has 0 radical (unpaired) electrons. The fraction of sp³-hybridized carbons (Fsp3) is 0.471. The standard InChI is InChI=1S/C17H25NO5/c1-12(2)23-16(17(21)18(3)22-4)15(20)14(19)11-10-13-8-6-5-7-9-13/h5-12,14-16,19-20H,1-4H3/b11-10+/t14-,15-,16+/m0/s1. The van der Waals surface area contributed by atoms with E-state index in [4.69, 9.17) is 9.57 Å². The Morgan fingerprint density at radius 2 is 1.83 bits per heavy atom. The quantitative estimate of drug-likeness (QED) is 0.704. The van der Waals surface area contributed by atoms with Gasteiger partial charge in [0.15, 0.2) is 6.10 Å². The maximum atomic E-state index is 12.2. The summed E-state index contributed by atoms with van der Waals surface area (Å²) in [7, 11) is 2.75. The number of ether oxygens (including phenoxy) is 1. The van der Waals surface area contributed by atoms with Crippen LogP contribution in [-0.4, -0.2) is 59.8 Å². The highest BCUT2D eigenvalue weighted by Crippen LogP contribution is 2.13. The van der Waals surface area contributed by atoms with Crippen LogP contribution in [0.4, 0.5) is 0 Å².